The van der Waals surface area contributed by atoms with Crippen LogP contribution in [0.1, 0.15) is 54.4 Å². The number of hydrogen-bond acceptors (Lipinski definition) is 8. The van der Waals surface area contributed by atoms with Gasteiger partial charge in [-0.05, 0) is 54.6 Å². The Balaban J connectivity index is 1.55. The van der Waals surface area contributed by atoms with Gasteiger partial charge in [0.05, 0.1) is 35.9 Å². The molecule has 5 rings (SSSR count). The van der Waals surface area contributed by atoms with Crippen molar-refractivity contribution in [1.29, 1.82) is 0 Å². The Morgan fingerprint density at radius 3 is 2.21 bits per heavy atom. The summed E-state index contributed by atoms with van der Waals surface area (Å²) < 4.78 is 86.9. The highest BCUT2D eigenvalue weighted by molar-refractivity contribution is 6.33. The Bertz CT molecular complexity index is 1460. The Hall–Kier alpha value is -3.39. The number of halogens is 8. The van der Waals surface area contributed by atoms with Crippen LogP contribution in [0.15, 0.2) is 36.8 Å². The molecule has 0 N–H and O–H groups in total. The van der Waals surface area contributed by atoms with Crippen LogP contribution in [0.3, 0.4) is 0 Å². The number of esters is 1. The maximum Gasteiger partial charge on any atom is 0.416 e. The van der Waals surface area contributed by atoms with Crippen LogP contribution < -0.4 is 9.80 Å². The van der Waals surface area contributed by atoms with Gasteiger partial charge in [0, 0.05) is 37.1 Å². The monoisotopic (exact) mass is 648 g/mol. The zero-order valence-electron chi connectivity index (χ0n) is 22.5. The standard InChI is InChI=1S/C27H24Cl2F6N6O2/c1-2-18-8-19(13-40(18)22-21(28)11-36-24(29)39-22)41(25-37-9-15(10-38-25)20-3-4-43-23(20)42)12-14-5-16(26(30,31)32)7-17(6-14)27(33,34)35/h5-7,9-11,18-20H,2-4,8,12-13H2,1H3/t18-,19?,20?/m1/s1. The molecular formula is C27H24Cl2F6N6O2. The molecule has 4 heterocycles. The minimum atomic E-state index is -5.00. The van der Waals surface area contributed by atoms with Gasteiger partial charge in [0.15, 0.2) is 5.82 Å². The summed E-state index contributed by atoms with van der Waals surface area (Å²) in [6, 6.07) is 0.828. The average Bonchev–Trinajstić information content (AvgIpc) is 3.58. The zero-order valence-corrected chi connectivity index (χ0v) is 24.0. The molecule has 0 aliphatic carbocycles. The summed E-state index contributed by atoms with van der Waals surface area (Å²) in [6.45, 7) is 2.04. The third kappa shape index (κ3) is 6.74. The molecular weight excluding hydrogens is 625 g/mol. The molecule has 16 heteroatoms. The molecule has 2 saturated heterocycles. The van der Waals surface area contributed by atoms with E-state index in [-0.39, 0.29) is 53.6 Å². The molecule has 2 aliphatic heterocycles. The van der Waals surface area contributed by atoms with E-state index in [1.54, 1.807) is 4.90 Å². The van der Waals surface area contributed by atoms with Crippen molar-refractivity contribution in [2.75, 3.05) is 23.0 Å². The lowest BCUT2D eigenvalue weighted by molar-refractivity contribution is -0.143. The number of hydrogen-bond donors (Lipinski definition) is 0. The van der Waals surface area contributed by atoms with E-state index in [1.165, 1.54) is 18.6 Å². The number of ether oxygens (including phenoxy) is 1. The molecule has 0 amide bonds. The number of anilines is 2. The third-order valence-corrected chi connectivity index (χ3v) is 7.97. The Morgan fingerprint density at radius 2 is 1.65 bits per heavy atom. The largest absolute Gasteiger partial charge is 0.465 e. The van der Waals surface area contributed by atoms with Gasteiger partial charge in [-0.3, -0.25) is 4.79 Å². The highest BCUT2D eigenvalue weighted by Gasteiger charge is 2.40. The van der Waals surface area contributed by atoms with E-state index < -0.39 is 41.4 Å². The number of rotatable bonds is 7. The summed E-state index contributed by atoms with van der Waals surface area (Å²) >= 11 is 12.4. The van der Waals surface area contributed by atoms with Crippen LogP contribution in [-0.2, 0) is 28.4 Å². The fraction of sp³-hybridized carbons (Fsp3) is 0.444. The van der Waals surface area contributed by atoms with E-state index in [9.17, 15) is 31.1 Å². The predicted molar refractivity (Wildman–Crippen MR) is 145 cm³/mol. The summed E-state index contributed by atoms with van der Waals surface area (Å²) in [4.78, 5) is 32.4. The first kappa shape index (κ1) is 31.0. The molecule has 0 radical (unpaired) electrons. The number of cyclic esters (lactones) is 1. The van der Waals surface area contributed by atoms with Gasteiger partial charge in [0.1, 0.15) is 5.02 Å². The van der Waals surface area contributed by atoms with E-state index in [4.69, 9.17) is 27.9 Å². The lowest BCUT2D eigenvalue weighted by Crippen LogP contribution is -2.39. The molecule has 0 saturated carbocycles. The lowest BCUT2D eigenvalue weighted by atomic mass is 10.0. The lowest BCUT2D eigenvalue weighted by Gasteiger charge is -2.30. The second kappa shape index (κ2) is 11.9. The number of alkyl halides is 6. The van der Waals surface area contributed by atoms with Gasteiger partial charge in [-0.25, -0.2) is 15.0 Å². The second-order valence-corrected chi connectivity index (χ2v) is 11.0. The van der Waals surface area contributed by atoms with Crippen molar-refractivity contribution in [2.24, 2.45) is 0 Å². The molecule has 0 bridgehead atoms. The molecule has 3 aromatic rings. The van der Waals surface area contributed by atoms with Gasteiger partial charge < -0.3 is 14.5 Å². The normalized spacial score (nSPS) is 20.9. The molecule has 230 valence electrons. The molecule has 2 unspecified atom stereocenters. The van der Waals surface area contributed by atoms with Crippen LogP contribution in [0.25, 0.3) is 0 Å². The van der Waals surface area contributed by atoms with Crippen LogP contribution in [0, 0.1) is 0 Å². The number of carbonyl (C=O) groups is 1. The van der Waals surface area contributed by atoms with Crippen molar-refractivity contribution < 1.29 is 35.9 Å². The summed E-state index contributed by atoms with van der Waals surface area (Å²) in [6.07, 6.45) is -4.33. The number of aromatic nitrogens is 4. The van der Waals surface area contributed by atoms with Crippen LogP contribution in [-0.4, -0.2) is 51.1 Å². The first-order chi connectivity index (χ1) is 20.2. The summed E-state index contributed by atoms with van der Waals surface area (Å²) in [5.41, 5.74) is -2.58. The fourth-order valence-electron chi connectivity index (χ4n) is 5.43. The van der Waals surface area contributed by atoms with Crippen LogP contribution in [0.4, 0.5) is 38.1 Å². The van der Waals surface area contributed by atoms with Gasteiger partial charge >= 0.3 is 18.3 Å². The van der Waals surface area contributed by atoms with E-state index in [0.717, 1.165) is 0 Å². The summed E-state index contributed by atoms with van der Waals surface area (Å²) in [7, 11) is 0. The summed E-state index contributed by atoms with van der Waals surface area (Å²) in [5, 5.41) is 0.189. The van der Waals surface area contributed by atoms with E-state index in [0.29, 0.717) is 42.8 Å². The maximum atomic E-state index is 13.6. The zero-order chi connectivity index (χ0) is 31.1. The molecule has 2 fully saturated rings. The fourth-order valence-corrected chi connectivity index (χ4v) is 5.76. The van der Waals surface area contributed by atoms with Gasteiger partial charge in [-0.15, -0.1) is 0 Å². The van der Waals surface area contributed by atoms with Crippen molar-refractivity contribution >= 4 is 40.9 Å². The number of nitrogens with zero attached hydrogens (tertiary/aromatic N) is 6. The predicted octanol–water partition coefficient (Wildman–Crippen LogP) is 6.71. The van der Waals surface area contributed by atoms with Gasteiger partial charge in [0.2, 0.25) is 11.2 Å². The number of benzene rings is 1. The minimum absolute atomic E-state index is 0.0393. The Morgan fingerprint density at radius 1 is 1.00 bits per heavy atom. The summed E-state index contributed by atoms with van der Waals surface area (Å²) in [5.74, 6) is -0.564. The quantitative estimate of drug-likeness (QED) is 0.159. The topological polar surface area (TPSA) is 84.3 Å². The highest BCUT2D eigenvalue weighted by atomic mass is 35.5. The SMILES string of the molecule is CC[C@@H]1CC(N(Cc2cc(C(F)(F)F)cc(C(F)(F)F)c2)c2ncc(C3CCOC3=O)cn2)CN1c1nc(Cl)ncc1Cl. The number of carbonyl (C=O) groups excluding carboxylic acids is 1. The smallest absolute Gasteiger partial charge is 0.416 e. The highest BCUT2D eigenvalue weighted by Crippen LogP contribution is 2.39. The third-order valence-electron chi connectivity index (χ3n) is 7.53. The van der Waals surface area contributed by atoms with Crippen LogP contribution in [0.2, 0.25) is 10.3 Å². The van der Waals surface area contributed by atoms with Crippen molar-refractivity contribution in [3.05, 3.63) is 69.3 Å². The molecule has 43 heavy (non-hydrogen) atoms. The van der Waals surface area contributed by atoms with Crippen molar-refractivity contribution in [2.45, 2.75) is 63.1 Å². The van der Waals surface area contributed by atoms with Crippen molar-refractivity contribution in [1.82, 2.24) is 19.9 Å². The van der Waals surface area contributed by atoms with E-state index in [1.807, 2.05) is 11.8 Å². The second-order valence-electron chi connectivity index (χ2n) is 10.3. The van der Waals surface area contributed by atoms with E-state index >= 15 is 0 Å². The average molecular weight is 649 g/mol. The molecule has 0 spiro atoms. The molecule has 2 aromatic heterocycles. The minimum Gasteiger partial charge on any atom is -0.465 e. The van der Waals surface area contributed by atoms with Crippen molar-refractivity contribution in [3.63, 3.8) is 0 Å². The Labute approximate surface area is 252 Å². The molecule has 8 nitrogen and oxygen atoms in total. The molecule has 3 atom stereocenters. The van der Waals surface area contributed by atoms with Gasteiger partial charge in [-0.1, -0.05) is 18.5 Å². The van der Waals surface area contributed by atoms with Gasteiger partial charge in [0.25, 0.3) is 0 Å². The first-order valence-electron chi connectivity index (χ1n) is 13.2. The van der Waals surface area contributed by atoms with E-state index in [2.05, 4.69) is 19.9 Å². The molecule has 1 aromatic carbocycles. The van der Waals surface area contributed by atoms with Gasteiger partial charge in [-0.2, -0.15) is 31.3 Å². The van der Waals surface area contributed by atoms with Crippen LogP contribution in [0.5, 0.6) is 0 Å². The molecule has 2 aliphatic rings. The van der Waals surface area contributed by atoms with Crippen LogP contribution >= 0.6 is 23.2 Å². The Kier molecular flexibility index (Phi) is 8.63. The van der Waals surface area contributed by atoms with Crippen molar-refractivity contribution in [3.8, 4) is 0 Å². The maximum absolute atomic E-state index is 13.6. The first-order valence-corrected chi connectivity index (χ1v) is 14.0.